The van der Waals surface area contributed by atoms with E-state index in [-0.39, 0.29) is 18.4 Å². The molecule has 0 amide bonds. The van der Waals surface area contributed by atoms with Gasteiger partial charge in [-0.15, -0.1) is 12.4 Å². The van der Waals surface area contributed by atoms with E-state index in [0.717, 1.165) is 12.2 Å². The van der Waals surface area contributed by atoms with Crippen molar-refractivity contribution in [1.29, 1.82) is 0 Å². The van der Waals surface area contributed by atoms with Gasteiger partial charge in [-0.3, -0.25) is 0 Å². The van der Waals surface area contributed by atoms with Gasteiger partial charge in [0.1, 0.15) is 11.0 Å². The van der Waals surface area contributed by atoms with Crippen LogP contribution in [-0.2, 0) is 0 Å². The summed E-state index contributed by atoms with van der Waals surface area (Å²) >= 11 is 0. The topological polar surface area (TPSA) is 99.1 Å². The highest BCUT2D eigenvalue weighted by Crippen LogP contribution is 2.23. The first-order chi connectivity index (χ1) is 10.9. The summed E-state index contributed by atoms with van der Waals surface area (Å²) in [6.07, 6.45) is 2.18. The Morgan fingerprint density at radius 3 is 2.46 bits per heavy atom. The Morgan fingerprint density at radius 2 is 1.88 bits per heavy atom. The molecule has 0 fully saturated rings. The lowest BCUT2D eigenvalue weighted by Gasteiger charge is -2.17. The van der Waals surface area contributed by atoms with Crippen LogP contribution in [0, 0.1) is 0 Å². The monoisotopic (exact) mass is 355 g/mol. The molecular formula is C15H26ClN7O. The van der Waals surface area contributed by atoms with Crippen LogP contribution in [0.3, 0.4) is 0 Å². The summed E-state index contributed by atoms with van der Waals surface area (Å²) in [6, 6.07) is 0.287. The normalized spacial score (nSPS) is 13.1. The van der Waals surface area contributed by atoms with Crippen molar-refractivity contribution in [2.45, 2.75) is 39.3 Å². The summed E-state index contributed by atoms with van der Waals surface area (Å²) in [5.41, 5.74) is 1.35. The number of aliphatic hydroxyl groups excluding tert-OH is 1. The van der Waals surface area contributed by atoms with Gasteiger partial charge in [-0.2, -0.15) is 4.98 Å². The number of nitrogens with zero attached hydrogens (tertiary/aromatic N) is 5. The molecule has 24 heavy (non-hydrogen) atoms. The molecule has 0 aliphatic heterocycles. The molecule has 9 heteroatoms. The van der Waals surface area contributed by atoms with Crippen LogP contribution in [0.1, 0.15) is 27.2 Å². The maximum Gasteiger partial charge on any atom is 0.225 e. The molecule has 2 aromatic rings. The summed E-state index contributed by atoms with van der Waals surface area (Å²) in [5.74, 6) is 1.75. The van der Waals surface area contributed by atoms with Gasteiger partial charge in [0.25, 0.3) is 0 Å². The molecule has 0 saturated heterocycles. The Bertz CT molecular complexity index is 666. The molecule has 2 heterocycles. The van der Waals surface area contributed by atoms with E-state index in [1.165, 1.54) is 0 Å². The second-order valence-electron chi connectivity index (χ2n) is 5.88. The number of aliphatic hydroxyl groups is 1. The molecule has 2 unspecified atom stereocenters. The Balaban J connectivity index is 0.00000288. The maximum absolute atomic E-state index is 9.35. The Kier molecular flexibility index (Phi) is 7.37. The second-order valence-corrected chi connectivity index (χ2v) is 5.88. The molecule has 3 N–H and O–H groups in total. The lowest BCUT2D eigenvalue weighted by Crippen LogP contribution is -2.20. The van der Waals surface area contributed by atoms with E-state index in [4.69, 9.17) is 0 Å². The van der Waals surface area contributed by atoms with Gasteiger partial charge in [0.2, 0.25) is 11.9 Å². The average Bonchev–Trinajstić information content (AvgIpc) is 2.51. The molecule has 2 atom stereocenters. The predicted molar refractivity (Wildman–Crippen MR) is 100 cm³/mol. The van der Waals surface area contributed by atoms with Crippen molar-refractivity contribution in [3.8, 4) is 0 Å². The van der Waals surface area contributed by atoms with Crippen LogP contribution in [0.15, 0.2) is 6.20 Å². The van der Waals surface area contributed by atoms with Gasteiger partial charge >= 0.3 is 0 Å². The fourth-order valence-electron chi connectivity index (χ4n) is 1.94. The molecule has 134 valence electrons. The Labute approximate surface area is 148 Å². The lowest BCUT2D eigenvalue weighted by molar-refractivity contribution is 0.208. The van der Waals surface area contributed by atoms with Crippen LogP contribution in [0.25, 0.3) is 11.0 Å². The number of halogens is 1. The second kappa shape index (κ2) is 8.79. The van der Waals surface area contributed by atoms with Crippen molar-refractivity contribution in [2.24, 2.45) is 0 Å². The highest BCUT2D eigenvalue weighted by atomic mass is 35.5. The Morgan fingerprint density at radius 1 is 1.17 bits per heavy atom. The fraction of sp³-hybridized carbons (Fsp3) is 0.600. The van der Waals surface area contributed by atoms with E-state index in [1.807, 2.05) is 19.0 Å². The number of hydrogen-bond donors (Lipinski definition) is 3. The summed E-state index contributed by atoms with van der Waals surface area (Å²) < 4.78 is 0. The third-order valence-electron chi connectivity index (χ3n) is 3.39. The minimum atomic E-state index is -0.471. The zero-order chi connectivity index (χ0) is 17.0. The first kappa shape index (κ1) is 20.1. The number of aromatic nitrogens is 4. The van der Waals surface area contributed by atoms with Crippen molar-refractivity contribution in [3.63, 3.8) is 0 Å². The third-order valence-corrected chi connectivity index (χ3v) is 3.39. The van der Waals surface area contributed by atoms with Crippen LogP contribution < -0.4 is 15.5 Å². The van der Waals surface area contributed by atoms with Crippen molar-refractivity contribution in [3.05, 3.63) is 6.20 Å². The number of nitrogens with one attached hydrogen (secondary N) is 2. The fourth-order valence-corrected chi connectivity index (χ4v) is 1.94. The molecule has 0 radical (unpaired) electrons. The van der Waals surface area contributed by atoms with Crippen LogP contribution >= 0.6 is 12.4 Å². The van der Waals surface area contributed by atoms with E-state index >= 15 is 0 Å². The van der Waals surface area contributed by atoms with Gasteiger partial charge in [0.15, 0.2) is 5.82 Å². The minimum absolute atomic E-state index is 0. The average molecular weight is 356 g/mol. The highest BCUT2D eigenvalue weighted by Gasteiger charge is 2.13. The summed E-state index contributed by atoms with van der Waals surface area (Å²) in [6.45, 7) is 6.28. The summed E-state index contributed by atoms with van der Waals surface area (Å²) in [7, 11) is 3.83. The van der Waals surface area contributed by atoms with E-state index < -0.39 is 6.10 Å². The first-order valence-corrected chi connectivity index (χ1v) is 7.81. The van der Waals surface area contributed by atoms with E-state index in [1.54, 1.807) is 13.1 Å². The molecule has 2 aromatic heterocycles. The van der Waals surface area contributed by atoms with Gasteiger partial charge < -0.3 is 20.6 Å². The van der Waals surface area contributed by atoms with Crippen LogP contribution in [0.4, 0.5) is 17.7 Å². The largest absolute Gasteiger partial charge is 0.392 e. The van der Waals surface area contributed by atoms with Gasteiger partial charge in [0.05, 0.1) is 12.3 Å². The SMILES string of the molecule is CCC(C)Nc1nc(N(C)C)c2nc(NCC(C)O)ncc2n1.Cl. The van der Waals surface area contributed by atoms with Crippen molar-refractivity contribution in [2.75, 3.05) is 36.2 Å². The maximum atomic E-state index is 9.35. The number of anilines is 3. The molecule has 0 spiro atoms. The molecule has 0 aliphatic rings. The molecule has 0 aromatic carbocycles. The summed E-state index contributed by atoms with van der Waals surface area (Å²) in [5, 5.41) is 15.6. The standard InChI is InChI=1S/C15H25N7O.ClH/c1-6-9(2)18-15-19-11-8-17-14(16-7-10(3)23)20-12(11)13(21-15)22(4)5;/h8-10,23H,6-7H2,1-5H3,(H,16,17,20)(H,18,19,21);1H. The van der Waals surface area contributed by atoms with E-state index in [0.29, 0.717) is 29.5 Å². The van der Waals surface area contributed by atoms with Crippen molar-refractivity contribution in [1.82, 2.24) is 19.9 Å². The van der Waals surface area contributed by atoms with Crippen molar-refractivity contribution >= 4 is 41.2 Å². The van der Waals surface area contributed by atoms with Crippen LogP contribution in [0.5, 0.6) is 0 Å². The smallest absolute Gasteiger partial charge is 0.225 e. The van der Waals surface area contributed by atoms with Crippen LogP contribution in [0.2, 0.25) is 0 Å². The molecular weight excluding hydrogens is 330 g/mol. The molecule has 8 nitrogen and oxygen atoms in total. The van der Waals surface area contributed by atoms with Crippen molar-refractivity contribution < 1.29 is 5.11 Å². The van der Waals surface area contributed by atoms with Gasteiger partial charge in [-0.1, -0.05) is 6.92 Å². The first-order valence-electron chi connectivity index (χ1n) is 7.81. The van der Waals surface area contributed by atoms with Crippen LogP contribution in [-0.4, -0.2) is 57.8 Å². The van der Waals surface area contributed by atoms with Gasteiger partial charge in [-0.25, -0.2) is 15.0 Å². The molecule has 2 rings (SSSR count). The number of rotatable bonds is 7. The minimum Gasteiger partial charge on any atom is -0.392 e. The van der Waals surface area contributed by atoms with E-state index in [9.17, 15) is 5.11 Å². The lowest BCUT2D eigenvalue weighted by atomic mass is 10.3. The quantitative estimate of drug-likeness (QED) is 0.692. The molecule has 0 aliphatic carbocycles. The third kappa shape index (κ3) is 5.04. The van der Waals surface area contributed by atoms with Gasteiger partial charge in [-0.05, 0) is 20.3 Å². The Hall–Kier alpha value is -1.93. The molecule has 0 bridgehead atoms. The molecule has 0 saturated carbocycles. The zero-order valence-corrected chi connectivity index (χ0v) is 15.6. The number of fused-ring (bicyclic) bond motifs is 1. The van der Waals surface area contributed by atoms with Gasteiger partial charge in [0, 0.05) is 26.7 Å². The van der Waals surface area contributed by atoms with E-state index in [2.05, 4.69) is 44.4 Å². The zero-order valence-electron chi connectivity index (χ0n) is 14.7. The predicted octanol–water partition coefficient (Wildman–Crippen LogP) is 1.91. The summed E-state index contributed by atoms with van der Waals surface area (Å²) in [4.78, 5) is 19.7. The number of hydrogen-bond acceptors (Lipinski definition) is 8. The highest BCUT2D eigenvalue weighted by molar-refractivity contribution is 5.86.